The number of carbonyl (C=O) groups is 1. The summed E-state index contributed by atoms with van der Waals surface area (Å²) in [5.74, 6) is 2.56. The van der Waals surface area contributed by atoms with Gasteiger partial charge in [-0.1, -0.05) is 12.1 Å². The Kier molecular flexibility index (Phi) is 11.3. The van der Waals surface area contributed by atoms with E-state index in [0.29, 0.717) is 12.5 Å². The van der Waals surface area contributed by atoms with E-state index in [2.05, 4.69) is 27.2 Å². The Morgan fingerprint density at radius 1 is 1.16 bits per heavy atom. The zero-order chi connectivity index (χ0) is 18.3. The Morgan fingerprint density at radius 2 is 1.92 bits per heavy atom. The third-order valence-corrected chi connectivity index (χ3v) is 4.14. The fraction of sp³-hybridized carbons (Fsp3) is 0.556. The summed E-state index contributed by atoms with van der Waals surface area (Å²) in [7, 11) is 1.63. The lowest BCUT2D eigenvalue weighted by atomic mass is 10.2. The molecule has 1 amide bonds. The topological polar surface area (TPSA) is 74.8 Å². The number of nitrogens with one attached hydrogen (secondary N) is 3. The Balaban J connectivity index is 2.34. The molecule has 0 spiro atoms. The second kappa shape index (κ2) is 13.4. The molecular weight excluding hydrogens is 336 g/mol. The van der Waals surface area contributed by atoms with E-state index in [1.54, 1.807) is 7.11 Å². The molecule has 0 aliphatic rings. The van der Waals surface area contributed by atoms with Gasteiger partial charge >= 0.3 is 0 Å². The third-order valence-electron chi connectivity index (χ3n) is 3.44. The first-order chi connectivity index (χ1) is 12.2. The van der Waals surface area contributed by atoms with Crippen LogP contribution in [0.1, 0.15) is 25.3 Å². The van der Waals surface area contributed by atoms with Crippen molar-refractivity contribution in [2.75, 3.05) is 38.8 Å². The van der Waals surface area contributed by atoms with Crippen LogP contribution >= 0.6 is 11.8 Å². The van der Waals surface area contributed by atoms with E-state index in [1.165, 1.54) is 12.2 Å². The fourth-order valence-electron chi connectivity index (χ4n) is 2.07. The summed E-state index contributed by atoms with van der Waals surface area (Å²) in [6.45, 7) is 4.23. The van der Waals surface area contributed by atoms with Crippen molar-refractivity contribution in [1.29, 1.82) is 0 Å². The van der Waals surface area contributed by atoms with Gasteiger partial charge in [0.1, 0.15) is 12.3 Å². The highest BCUT2D eigenvalue weighted by molar-refractivity contribution is 7.98. The molecule has 0 bridgehead atoms. The monoisotopic (exact) mass is 366 g/mol. The normalized spacial score (nSPS) is 11.1. The molecule has 0 saturated heterocycles. The van der Waals surface area contributed by atoms with Crippen molar-refractivity contribution in [3.05, 3.63) is 29.8 Å². The van der Waals surface area contributed by atoms with Gasteiger partial charge in [-0.3, -0.25) is 4.79 Å². The van der Waals surface area contributed by atoms with Crippen LogP contribution in [0, 0.1) is 0 Å². The van der Waals surface area contributed by atoms with Crippen LogP contribution in [0.25, 0.3) is 0 Å². The van der Waals surface area contributed by atoms with Gasteiger partial charge in [0.05, 0.1) is 7.11 Å². The first-order valence-corrected chi connectivity index (χ1v) is 9.99. The van der Waals surface area contributed by atoms with Gasteiger partial charge < -0.3 is 20.7 Å². The number of benzene rings is 1. The molecule has 7 heteroatoms. The summed E-state index contributed by atoms with van der Waals surface area (Å²) in [6.07, 6.45) is 4.38. The molecule has 0 saturated carbocycles. The molecule has 6 nitrogen and oxygen atoms in total. The number of rotatable bonds is 11. The highest BCUT2D eigenvalue weighted by Crippen LogP contribution is 2.10. The zero-order valence-electron chi connectivity index (χ0n) is 15.4. The molecule has 3 N–H and O–H groups in total. The third kappa shape index (κ3) is 9.86. The van der Waals surface area contributed by atoms with Crippen LogP contribution in [0.2, 0.25) is 0 Å². The number of guanidine groups is 1. The Labute approximate surface area is 155 Å². The van der Waals surface area contributed by atoms with Gasteiger partial charge in [-0.25, -0.2) is 4.99 Å². The smallest absolute Gasteiger partial charge is 0.242 e. The number of nitrogens with zero attached hydrogens (tertiary/aromatic N) is 1. The summed E-state index contributed by atoms with van der Waals surface area (Å²) in [4.78, 5) is 16.3. The number of carbonyl (C=O) groups excluding carboxylic acids is 1. The highest BCUT2D eigenvalue weighted by atomic mass is 32.2. The lowest BCUT2D eigenvalue weighted by molar-refractivity contribution is -0.119. The van der Waals surface area contributed by atoms with Crippen LogP contribution in [0.15, 0.2) is 29.3 Å². The van der Waals surface area contributed by atoms with Gasteiger partial charge in [-0.2, -0.15) is 11.8 Å². The predicted octanol–water partition coefficient (Wildman–Crippen LogP) is 2.01. The SMILES string of the molecule is CCNC(=NCC(=O)NCc1ccc(OC)cc1)NCCCCSC. The maximum Gasteiger partial charge on any atom is 0.242 e. The minimum atomic E-state index is -0.101. The highest BCUT2D eigenvalue weighted by Gasteiger charge is 2.03. The number of ether oxygens (including phenoxy) is 1. The maximum absolute atomic E-state index is 12.0. The van der Waals surface area contributed by atoms with E-state index in [4.69, 9.17) is 4.74 Å². The van der Waals surface area contributed by atoms with Crippen LogP contribution in [-0.4, -0.2) is 50.6 Å². The van der Waals surface area contributed by atoms with Crippen molar-refractivity contribution < 1.29 is 9.53 Å². The van der Waals surface area contributed by atoms with E-state index < -0.39 is 0 Å². The van der Waals surface area contributed by atoms with E-state index in [0.717, 1.165) is 30.8 Å². The summed E-state index contributed by atoms with van der Waals surface area (Å²) in [5, 5.41) is 9.28. The molecule has 0 aromatic heterocycles. The van der Waals surface area contributed by atoms with Crippen LogP contribution in [-0.2, 0) is 11.3 Å². The minimum absolute atomic E-state index is 0.101. The molecule has 1 aromatic rings. The molecule has 0 aliphatic carbocycles. The van der Waals surface area contributed by atoms with Crippen LogP contribution in [0.3, 0.4) is 0 Å². The first-order valence-electron chi connectivity index (χ1n) is 8.60. The van der Waals surface area contributed by atoms with Gasteiger partial charge in [-0.05, 0) is 49.5 Å². The zero-order valence-corrected chi connectivity index (χ0v) is 16.2. The largest absolute Gasteiger partial charge is 0.497 e. The quantitative estimate of drug-likeness (QED) is 0.317. The van der Waals surface area contributed by atoms with E-state index in [9.17, 15) is 4.79 Å². The van der Waals surface area contributed by atoms with Crippen molar-refractivity contribution in [1.82, 2.24) is 16.0 Å². The Bertz CT molecular complexity index is 520. The summed E-state index contributed by atoms with van der Waals surface area (Å²) in [5.41, 5.74) is 1.02. The fourth-order valence-corrected chi connectivity index (χ4v) is 2.56. The molecule has 0 heterocycles. The van der Waals surface area contributed by atoms with Crippen molar-refractivity contribution in [3.8, 4) is 5.75 Å². The van der Waals surface area contributed by atoms with Gasteiger partial charge in [0.15, 0.2) is 5.96 Å². The summed E-state index contributed by atoms with van der Waals surface area (Å²) < 4.78 is 5.12. The number of hydrogen-bond acceptors (Lipinski definition) is 4. The average molecular weight is 367 g/mol. The first kappa shape index (κ1) is 21.2. The number of unbranched alkanes of at least 4 members (excludes halogenated alkanes) is 1. The molecule has 25 heavy (non-hydrogen) atoms. The number of hydrogen-bond donors (Lipinski definition) is 3. The van der Waals surface area contributed by atoms with Gasteiger partial charge in [-0.15, -0.1) is 0 Å². The average Bonchev–Trinajstić information content (AvgIpc) is 2.64. The van der Waals surface area contributed by atoms with Crippen LogP contribution < -0.4 is 20.7 Å². The van der Waals surface area contributed by atoms with E-state index in [1.807, 2.05) is 43.0 Å². The minimum Gasteiger partial charge on any atom is -0.497 e. The number of aliphatic imine (C=N–C) groups is 1. The summed E-state index contributed by atoms with van der Waals surface area (Å²) >= 11 is 1.86. The van der Waals surface area contributed by atoms with Gasteiger partial charge in [0.2, 0.25) is 5.91 Å². The number of methoxy groups -OCH3 is 1. The standard InChI is InChI=1S/C18H30N4O2S/c1-4-19-18(20-11-5-6-12-25-3)22-14-17(23)21-13-15-7-9-16(24-2)10-8-15/h7-10H,4-6,11-14H2,1-3H3,(H,21,23)(H2,19,20,22). The van der Waals surface area contributed by atoms with Gasteiger partial charge in [0.25, 0.3) is 0 Å². The maximum atomic E-state index is 12.0. The Hall–Kier alpha value is -1.89. The molecule has 1 rings (SSSR count). The molecule has 0 radical (unpaired) electrons. The molecule has 1 aromatic carbocycles. The molecule has 0 aliphatic heterocycles. The van der Waals surface area contributed by atoms with Crippen LogP contribution in [0.4, 0.5) is 0 Å². The molecule has 0 atom stereocenters. The second-order valence-corrected chi connectivity index (χ2v) is 6.43. The molecule has 140 valence electrons. The van der Waals surface area contributed by atoms with Crippen molar-refractivity contribution in [3.63, 3.8) is 0 Å². The van der Waals surface area contributed by atoms with Crippen LogP contribution in [0.5, 0.6) is 5.75 Å². The second-order valence-electron chi connectivity index (χ2n) is 5.45. The van der Waals surface area contributed by atoms with Crippen molar-refractivity contribution in [2.45, 2.75) is 26.3 Å². The van der Waals surface area contributed by atoms with E-state index >= 15 is 0 Å². The molecule has 0 unspecified atom stereocenters. The van der Waals surface area contributed by atoms with Gasteiger partial charge in [0, 0.05) is 19.6 Å². The predicted molar refractivity (Wildman–Crippen MR) is 106 cm³/mol. The molecule has 0 fully saturated rings. The summed E-state index contributed by atoms with van der Waals surface area (Å²) in [6, 6.07) is 7.62. The number of thioether (sulfide) groups is 1. The van der Waals surface area contributed by atoms with Crippen molar-refractivity contribution in [2.24, 2.45) is 4.99 Å². The number of amides is 1. The lowest BCUT2D eigenvalue weighted by Crippen LogP contribution is -2.39. The lowest BCUT2D eigenvalue weighted by Gasteiger charge is -2.11. The van der Waals surface area contributed by atoms with E-state index in [-0.39, 0.29) is 12.5 Å². The van der Waals surface area contributed by atoms with Crippen molar-refractivity contribution >= 4 is 23.6 Å². The Morgan fingerprint density at radius 3 is 2.56 bits per heavy atom. The molecular formula is C18H30N4O2S.